The Morgan fingerprint density at radius 2 is 2.27 bits per heavy atom. The number of nitrogens with one attached hydrogen (secondary N) is 1. The highest BCUT2D eigenvalue weighted by molar-refractivity contribution is 5.90. The zero-order valence-electron chi connectivity index (χ0n) is 8.66. The van der Waals surface area contributed by atoms with E-state index in [9.17, 15) is 4.79 Å². The van der Waals surface area contributed by atoms with Crippen molar-refractivity contribution in [3.8, 4) is 0 Å². The molecule has 0 aliphatic heterocycles. The van der Waals surface area contributed by atoms with Crippen LogP contribution in [0.4, 0.5) is 5.82 Å². The monoisotopic (exact) mass is 206 g/mol. The van der Waals surface area contributed by atoms with E-state index in [0.717, 1.165) is 6.54 Å². The number of nitrogens with zero attached hydrogens (tertiary/aromatic N) is 2. The van der Waals surface area contributed by atoms with Crippen molar-refractivity contribution in [2.75, 3.05) is 11.9 Å². The SMILES string of the molecule is CC1(CNc2ccc(C(N)=O)nn2)CC1. The molecule has 0 bridgehead atoms. The van der Waals surface area contributed by atoms with E-state index in [1.807, 2.05) is 0 Å². The van der Waals surface area contributed by atoms with Gasteiger partial charge in [0.25, 0.3) is 5.91 Å². The summed E-state index contributed by atoms with van der Waals surface area (Å²) in [6, 6.07) is 3.30. The van der Waals surface area contributed by atoms with Gasteiger partial charge in [0.1, 0.15) is 5.82 Å². The number of primary amides is 1. The summed E-state index contributed by atoms with van der Waals surface area (Å²) in [5, 5.41) is 10.8. The van der Waals surface area contributed by atoms with Crippen LogP contribution >= 0.6 is 0 Å². The molecule has 1 aliphatic carbocycles. The maximum absolute atomic E-state index is 10.7. The summed E-state index contributed by atoms with van der Waals surface area (Å²) in [7, 11) is 0. The van der Waals surface area contributed by atoms with E-state index in [2.05, 4.69) is 22.4 Å². The topological polar surface area (TPSA) is 80.9 Å². The fourth-order valence-corrected chi connectivity index (χ4v) is 1.25. The van der Waals surface area contributed by atoms with E-state index in [4.69, 9.17) is 5.73 Å². The molecule has 1 aromatic heterocycles. The number of hydrogen-bond acceptors (Lipinski definition) is 4. The Hall–Kier alpha value is -1.65. The highest BCUT2D eigenvalue weighted by Crippen LogP contribution is 2.44. The van der Waals surface area contributed by atoms with Crippen molar-refractivity contribution in [2.45, 2.75) is 19.8 Å². The second kappa shape index (κ2) is 3.49. The van der Waals surface area contributed by atoms with Crippen LogP contribution in [0.3, 0.4) is 0 Å². The van der Waals surface area contributed by atoms with E-state index in [-0.39, 0.29) is 5.69 Å². The summed E-state index contributed by atoms with van der Waals surface area (Å²) in [5.74, 6) is 0.135. The van der Waals surface area contributed by atoms with E-state index in [0.29, 0.717) is 11.2 Å². The number of aromatic nitrogens is 2. The third-order valence-electron chi connectivity index (χ3n) is 2.72. The lowest BCUT2D eigenvalue weighted by Crippen LogP contribution is -2.16. The quantitative estimate of drug-likeness (QED) is 0.763. The van der Waals surface area contributed by atoms with E-state index < -0.39 is 5.91 Å². The van der Waals surface area contributed by atoms with Crippen LogP contribution in [-0.2, 0) is 0 Å². The lowest BCUT2D eigenvalue weighted by Gasteiger charge is -2.09. The smallest absolute Gasteiger partial charge is 0.269 e. The molecule has 1 fully saturated rings. The lowest BCUT2D eigenvalue weighted by molar-refractivity contribution is 0.0994. The molecule has 5 nitrogen and oxygen atoms in total. The molecule has 0 atom stereocenters. The predicted octanol–water partition coefficient (Wildman–Crippen LogP) is 0.787. The van der Waals surface area contributed by atoms with Gasteiger partial charge in [0, 0.05) is 6.54 Å². The highest BCUT2D eigenvalue weighted by Gasteiger charge is 2.36. The largest absolute Gasteiger partial charge is 0.368 e. The van der Waals surface area contributed by atoms with Gasteiger partial charge in [-0.05, 0) is 30.4 Å². The fraction of sp³-hybridized carbons (Fsp3) is 0.500. The minimum Gasteiger partial charge on any atom is -0.368 e. The Labute approximate surface area is 88.1 Å². The van der Waals surface area contributed by atoms with Crippen molar-refractivity contribution >= 4 is 11.7 Å². The number of carbonyl (C=O) groups excluding carboxylic acids is 1. The first kappa shape index (κ1) is 9.89. The summed E-state index contributed by atoms with van der Waals surface area (Å²) < 4.78 is 0. The second-order valence-corrected chi connectivity index (χ2v) is 4.33. The summed E-state index contributed by atoms with van der Waals surface area (Å²) in [6.45, 7) is 3.13. The van der Waals surface area contributed by atoms with Gasteiger partial charge < -0.3 is 11.1 Å². The molecule has 1 aliphatic rings. The molecular weight excluding hydrogens is 192 g/mol. The van der Waals surface area contributed by atoms with Gasteiger partial charge in [0.05, 0.1) is 0 Å². The minimum absolute atomic E-state index is 0.193. The number of nitrogens with two attached hydrogens (primary N) is 1. The average molecular weight is 206 g/mol. The van der Waals surface area contributed by atoms with Crippen LogP contribution in [0.25, 0.3) is 0 Å². The maximum atomic E-state index is 10.7. The van der Waals surface area contributed by atoms with Gasteiger partial charge in [0.15, 0.2) is 5.69 Å². The third-order valence-corrected chi connectivity index (χ3v) is 2.72. The first-order valence-corrected chi connectivity index (χ1v) is 4.96. The zero-order valence-corrected chi connectivity index (χ0v) is 8.66. The Balaban J connectivity index is 1.95. The second-order valence-electron chi connectivity index (χ2n) is 4.33. The van der Waals surface area contributed by atoms with E-state index in [1.165, 1.54) is 12.8 Å². The number of anilines is 1. The summed E-state index contributed by atoms with van der Waals surface area (Å²) in [6.07, 6.45) is 2.51. The van der Waals surface area contributed by atoms with Crippen LogP contribution in [0.15, 0.2) is 12.1 Å². The van der Waals surface area contributed by atoms with Gasteiger partial charge in [0.2, 0.25) is 0 Å². The summed E-state index contributed by atoms with van der Waals surface area (Å²) in [4.78, 5) is 10.7. The van der Waals surface area contributed by atoms with Crippen LogP contribution in [0.5, 0.6) is 0 Å². The Morgan fingerprint density at radius 3 is 2.73 bits per heavy atom. The van der Waals surface area contributed by atoms with Gasteiger partial charge in [-0.3, -0.25) is 4.79 Å². The first-order chi connectivity index (χ1) is 7.09. The number of rotatable bonds is 4. The normalized spacial score (nSPS) is 17.1. The van der Waals surface area contributed by atoms with Crippen molar-refractivity contribution in [1.29, 1.82) is 0 Å². The molecule has 0 saturated heterocycles. The first-order valence-electron chi connectivity index (χ1n) is 4.96. The predicted molar refractivity (Wildman–Crippen MR) is 56.4 cm³/mol. The maximum Gasteiger partial charge on any atom is 0.269 e. The highest BCUT2D eigenvalue weighted by atomic mass is 16.1. The molecule has 1 saturated carbocycles. The van der Waals surface area contributed by atoms with Gasteiger partial charge in [-0.2, -0.15) is 0 Å². The molecule has 2 rings (SSSR count). The van der Waals surface area contributed by atoms with Crippen molar-refractivity contribution < 1.29 is 4.79 Å². The fourth-order valence-electron chi connectivity index (χ4n) is 1.25. The molecular formula is C10H14N4O. The van der Waals surface area contributed by atoms with Crippen LogP contribution < -0.4 is 11.1 Å². The Morgan fingerprint density at radius 1 is 1.53 bits per heavy atom. The van der Waals surface area contributed by atoms with Crippen LogP contribution in [0, 0.1) is 5.41 Å². The van der Waals surface area contributed by atoms with Crippen molar-refractivity contribution in [2.24, 2.45) is 11.1 Å². The zero-order chi connectivity index (χ0) is 10.9. The van der Waals surface area contributed by atoms with Crippen LogP contribution in [0.2, 0.25) is 0 Å². The van der Waals surface area contributed by atoms with Gasteiger partial charge >= 0.3 is 0 Å². The Bertz CT molecular complexity index is 370. The molecule has 0 aromatic carbocycles. The van der Waals surface area contributed by atoms with Crippen LogP contribution in [0.1, 0.15) is 30.3 Å². The summed E-state index contributed by atoms with van der Waals surface area (Å²) in [5.41, 5.74) is 5.67. The molecule has 0 unspecified atom stereocenters. The summed E-state index contributed by atoms with van der Waals surface area (Å²) >= 11 is 0. The van der Waals surface area contributed by atoms with Crippen molar-refractivity contribution in [3.05, 3.63) is 17.8 Å². The third kappa shape index (κ3) is 2.43. The number of hydrogen-bond donors (Lipinski definition) is 2. The molecule has 15 heavy (non-hydrogen) atoms. The molecule has 5 heteroatoms. The van der Waals surface area contributed by atoms with Crippen molar-refractivity contribution in [1.82, 2.24) is 10.2 Å². The van der Waals surface area contributed by atoms with Crippen molar-refractivity contribution in [3.63, 3.8) is 0 Å². The van der Waals surface area contributed by atoms with Gasteiger partial charge in [-0.25, -0.2) is 0 Å². The number of amides is 1. The Kier molecular flexibility index (Phi) is 2.30. The molecule has 1 aromatic rings. The van der Waals surface area contributed by atoms with Gasteiger partial charge in [-0.15, -0.1) is 10.2 Å². The molecule has 0 radical (unpaired) electrons. The van der Waals surface area contributed by atoms with E-state index in [1.54, 1.807) is 12.1 Å². The van der Waals surface area contributed by atoms with Gasteiger partial charge in [-0.1, -0.05) is 6.92 Å². The standard InChI is InChI=1S/C10H14N4O/c1-10(4-5-10)6-12-8-3-2-7(9(11)15)13-14-8/h2-3H,4-6H2,1H3,(H2,11,15)(H,12,14). The molecule has 80 valence electrons. The molecule has 3 N–H and O–H groups in total. The molecule has 1 amide bonds. The van der Waals surface area contributed by atoms with Crippen LogP contribution in [-0.4, -0.2) is 22.6 Å². The average Bonchev–Trinajstić information content (AvgIpc) is 2.95. The van der Waals surface area contributed by atoms with E-state index >= 15 is 0 Å². The molecule has 1 heterocycles. The lowest BCUT2D eigenvalue weighted by atomic mass is 10.1. The number of carbonyl (C=O) groups is 1. The minimum atomic E-state index is -0.553. The molecule has 0 spiro atoms.